The van der Waals surface area contributed by atoms with Crippen molar-refractivity contribution in [2.24, 2.45) is 0 Å². The fourth-order valence-electron chi connectivity index (χ4n) is 2.68. The second-order valence-electron chi connectivity index (χ2n) is 5.88. The van der Waals surface area contributed by atoms with Gasteiger partial charge in [0.25, 0.3) is 0 Å². The number of nitrogens with zero attached hydrogens (tertiary/aromatic N) is 4. The highest BCUT2D eigenvalue weighted by Gasteiger charge is 2.17. The van der Waals surface area contributed by atoms with Crippen molar-refractivity contribution in [1.82, 2.24) is 14.6 Å². The Morgan fingerprint density at radius 1 is 1.15 bits per heavy atom. The summed E-state index contributed by atoms with van der Waals surface area (Å²) in [5.41, 5.74) is 7.92. The van der Waals surface area contributed by atoms with Gasteiger partial charge in [0.2, 0.25) is 5.91 Å². The Morgan fingerprint density at radius 2 is 1.85 bits per heavy atom. The summed E-state index contributed by atoms with van der Waals surface area (Å²) >= 11 is 0. The van der Waals surface area contributed by atoms with Crippen LogP contribution in [0, 0.1) is 0 Å². The molecular weight excluding hydrogens is 330 g/mol. The Bertz CT molecular complexity index is 875. The number of benzene rings is 1. The van der Waals surface area contributed by atoms with Crippen LogP contribution in [0.3, 0.4) is 0 Å². The molecule has 7 heteroatoms. The molecular formula is C19H21N5O2. The minimum absolute atomic E-state index is 0.103. The molecule has 0 spiro atoms. The van der Waals surface area contributed by atoms with Gasteiger partial charge in [-0.1, -0.05) is 12.1 Å². The van der Waals surface area contributed by atoms with Crippen molar-refractivity contribution in [3.05, 3.63) is 71.9 Å². The van der Waals surface area contributed by atoms with Crippen molar-refractivity contribution in [3.8, 4) is 5.75 Å². The fraction of sp³-hybridized carbons (Fsp3) is 0.211. The lowest BCUT2D eigenvalue weighted by atomic mass is 10.2. The van der Waals surface area contributed by atoms with Crippen molar-refractivity contribution in [2.45, 2.75) is 19.9 Å². The van der Waals surface area contributed by atoms with Crippen LogP contribution >= 0.6 is 0 Å². The molecule has 0 saturated carbocycles. The van der Waals surface area contributed by atoms with E-state index in [9.17, 15) is 4.79 Å². The van der Waals surface area contributed by atoms with E-state index in [0.29, 0.717) is 24.6 Å². The number of amides is 1. The predicted octanol–water partition coefficient (Wildman–Crippen LogP) is 2.14. The minimum Gasteiger partial charge on any atom is -0.497 e. The van der Waals surface area contributed by atoms with Crippen molar-refractivity contribution >= 4 is 11.7 Å². The fourth-order valence-corrected chi connectivity index (χ4v) is 2.68. The third-order valence-corrected chi connectivity index (χ3v) is 4.00. The van der Waals surface area contributed by atoms with Crippen molar-refractivity contribution < 1.29 is 9.53 Å². The second-order valence-corrected chi connectivity index (χ2v) is 5.88. The van der Waals surface area contributed by atoms with Crippen LogP contribution in [0.2, 0.25) is 0 Å². The zero-order valence-corrected chi connectivity index (χ0v) is 14.8. The number of methoxy groups -OCH3 is 1. The van der Waals surface area contributed by atoms with Crippen LogP contribution in [-0.4, -0.2) is 27.7 Å². The number of pyridine rings is 1. The molecule has 0 saturated heterocycles. The van der Waals surface area contributed by atoms with Crippen LogP contribution in [0.15, 0.2) is 55.0 Å². The summed E-state index contributed by atoms with van der Waals surface area (Å²) in [6, 6.07) is 11.4. The maximum absolute atomic E-state index is 12.3. The average molecular weight is 351 g/mol. The van der Waals surface area contributed by atoms with Gasteiger partial charge in [-0.15, -0.1) is 0 Å². The zero-order valence-electron chi connectivity index (χ0n) is 14.8. The topological polar surface area (TPSA) is 86.3 Å². The number of hydrogen-bond donors (Lipinski definition) is 1. The number of hydrogen-bond acceptors (Lipinski definition) is 5. The molecule has 0 bridgehead atoms. The predicted molar refractivity (Wildman–Crippen MR) is 99.3 cm³/mol. The summed E-state index contributed by atoms with van der Waals surface area (Å²) < 4.78 is 6.90. The maximum atomic E-state index is 12.3. The third-order valence-electron chi connectivity index (χ3n) is 4.00. The van der Waals surface area contributed by atoms with Crippen molar-refractivity contribution in [2.75, 3.05) is 17.9 Å². The van der Waals surface area contributed by atoms with Gasteiger partial charge in [-0.05, 0) is 35.4 Å². The summed E-state index contributed by atoms with van der Waals surface area (Å²) in [5.74, 6) is 1.73. The highest BCUT2D eigenvalue weighted by Crippen LogP contribution is 2.16. The van der Waals surface area contributed by atoms with E-state index in [1.165, 1.54) is 6.92 Å². The van der Waals surface area contributed by atoms with Gasteiger partial charge in [0.05, 0.1) is 19.9 Å². The number of ether oxygens (including phenoxy) is 1. The highest BCUT2D eigenvalue weighted by molar-refractivity contribution is 5.83. The van der Waals surface area contributed by atoms with E-state index >= 15 is 0 Å². The molecule has 0 atom stereocenters. The number of rotatable bonds is 6. The molecule has 7 nitrogen and oxygen atoms in total. The molecule has 0 fully saturated rings. The minimum atomic E-state index is -0.103. The highest BCUT2D eigenvalue weighted by atomic mass is 16.5. The Labute approximate surface area is 152 Å². The van der Waals surface area contributed by atoms with Crippen LogP contribution < -0.4 is 15.5 Å². The quantitative estimate of drug-likeness (QED) is 0.735. The largest absolute Gasteiger partial charge is 0.497 e. The second kappa shape index (κ2) is 7.69. The van der Waals surface area contributed by atoms with E-state index in [4.69, 9.17) is 10.5 Å². The van der Waals surface area contributed by atoms with Crippen LogP contribution in [0.1, 0.15) is 23.9 Å². The molecule has 2 heterocycles. The maximum Gasteiger partial charge on any atom is 0.238 e. The van der Waals surface area contributed by atoms with Crippen molar-refractivity contribution in [1.29, 1.82) is 0 Å². The number of carbonyl (C=O) groups is 1. The van der Waals surface area contributed by atoms with Crippen LogP contribution in [-0.2, 0) is 17.8 Å². The molecule has 1 aromatic carbocycles. The molecule has 26 heavy (non-hydrogen) atoms. The van der Waals surface area contributed by atoms with Gasteiger partial charge < -0.3 is 10.5 Å². The number of imidazole rings is 1. The lowest BCUT2D eigenvalue weighted by Gasteiger charge is -2.24. The van der Waals surface area contributed by atoms with E-state index < -0.39 is 0 Å². The summed E-state index contributed by atoms with van der Waals surface area (Å²) in [6.45, 7) is 1.93. The van der Waals surface area contributed by atoms with E-state index in [0.717, 1.165) is 16.9 Å². The lowest BCUT2D eigenvalue weighted by molar-refractivity contribution is -0.118. The van der Waals surface area contributed by atoms with E-state index in [2.05, 4.69) is 9.97 Å². The molecule has 2 N–H and O–H groups in total. The summed E-state index contributed by atoms with van der Waals surface area (Å²) in [7, 11) is 1.62. The molecule has 0 aliphatic carbocycles. The van der Waals surface area contributed by atoms with Gasteiger partial charge in [-0.25, -0.2) is 14.7 Å². The molecule has 2 aromatic heterocycles. The smallest absolute Gasteiger partial charge is 0.238 e. The molecule has 1 amide bonds. The number of aromatic nitrogens is 3. The van der Waals surface area contributed by atoms with E-state index in [1.54, 1.807) is 35.4 Å². The van der Waals surface area contributed by atoms with Gasteiger partial charge >= 0.3 is 0 Å². The van der Waals surface area contributed by atoms with E-state index in [1.807, 2.05) is 36.4 Å². The Kier molecular flexibility index (Phi) is 5.17. The lowest BCUT2D eigenvalue weighted by Crippen LogP contribution is -2.39. The normalized spacial score (nSPS) is 10.5. The molecule has 3 rings (SSSR count). The van der Waals surface area contributed by atoms with E-state index in [-0.39, 0.29) is 5.91 Å². The van der Waals surface area contributed by atoms with Crippen LogP contribution in [0.4, 0.5) is 5.82 Å². The van der Waals surface area contributed by atoms with Crippen LogP contribution in [0.5, 0.6) is 5.75 Å². The number of anilines is 1. The molecule has 134 valence electrons. The first-order chi connectivity index (χ1) is 12.6. The Balaban J connectivity index is 1.89. The third kappa shape index (κ3) is 4.00. The van der Waals surface area contributed by atoms with Gasteiger partial charge in [-0.2, -0.15) is 0 Å². The van der Waals surface area contributed by atoms with Crippen molar-refractivity contribution in [3.63, 3.8) is 0 Å². The van der Waals surface area contributed by atoms with Gasteiger partial charge in [0.1, 0.15) is 17.4 Å². The number of carbonyl (C=O) groups excluding carboxylic acids is 1. The molecule has 0 radical (unpaired) electrons. The first kappa shape index (κ1) is 17.5. The number of nitrogen functional groups attached to an aromatic ring is 1. The van der Waals surface area contributed by atoms with Crippen LogP contribution in [0.25, 0.3) is 0 Å². The zero-order chi connectivity index (χ0) is 18.5. The average Bonchev–Trinajstić information content (AvgIpc) is 3.00. The molecule has 0 aliphatic heterocycles. The Morgan fingerprint density at radius 3 is 2.46 bits per heavy atom. The summed E-state index contributed by atoms with van der Waals surface area (Å²) in [6.07, 6.45) is 5.67. The SMILES string of the molecule is COc1ccc(CN(C(C)=O)n2cc(N)nc2Cc2ccncc2)cc1. The monoisotopic (exact) mass is 351 g/mol. The molecule has 3 aromatic rings. The first-order valence-corrected chi connectivity index (χ1v) is 8.21. The van der Waals surface area contributed by atoms with Gasteiger partial charge in [-0.3, -0.25) is 9.78 Å². The summed E-state index contributed by atoms with van der Waals surface area (Å²) in [4.78, 5) is 20.7. The first-order valence-electron chi connectivity index (χ1n) is 8.21. The van der Waals surface area contributed by atoms with Gasteiger partial charge in [0, 0.05) is 25.7 Å². The standard InChI is InChI=1S/C19H21N5O2/c1-14(25)23(12-16-3-5-17(26-2)6-4-16)24-13-18(20)22-19(24)11-15-7-9-21-10-8-15/h3-10,13H,11-12,20H2,1-2H3. The summed E-state index contributed by atoms with van der Waals surface area (Å²) in [5, 5.41) is 1.61. The number of nitrogens with two attached hydrogens (primary N) is 1. The molecule has 0 aliphatic rings. The van der Waals surface area contributed by atoms with Gasteiger partial charge in [0.15, 0.2) is 0 Å². The molecule has 0 unspecified atom stereocenters. The Hall–Kier alpha value is -3.35.